The zero-order valence-corrected chi connectivity index (χ0v) is 16.6. The minimum Gasteiger partial charge on any atom is -0.437 e. The van der Waals surface area contributed by atoms with Crippen LogP contribution in [0.4, 0.5) is 4.39 Å². The molecule has 4 aromatic rings. The van der Waals surface area contributed by atoms with Gasteiger partial charge in [0.2, 0.25) is 17.4 Å². The van der Waals surface area contributed by atoms with Gasteiger partial charge in [-0.05, 0) is 55.5 Å². The normalized spacial score (nSPS) is 11.9. The molecule has 4 heteroatoms. The molecule has 1 aromatic carbocycles. The molecule has 0 atom stereocenters. The number of hydrogen-bond donors (Lipinski definition) is 0. The van der Waals surface area contributed by atoms with Gasteiger partial charge in [0, 0.05) is 22.4 Å². The largest absolute Gasteiger partial charge is 0.437 e. The second-order valence-corrected chi connectivity index (χ2v) is 7.74. The lowest BCUT2D eigenvalue weighted by Gasteiger charge is -2.12. The molecule has 27 heavy (non-hydrogen) atoms. The summed E-state index contributed by atoms with van der Waals surface area (Å²) in [5.41, 5.74) is 8.06. The summed E-state index contributed by atoms with van der Waals surface area (Å²) in [6, 6.07) is 7.52. The van der Waals surface area contributed by atoms with Crippen molar-refractivity contribution in [3.8, 4) is 11.3 Å². The van der Waals surface area contributed by atoms with Gasteiger partial charge in [-0.3, -0.25) is 0 Å². The highest BCUT2D eigenvalue weighted by Crippen LogP contribution is 2.39. The fourth-order valence-corrected chi connectivity index (χ4v) is 4.11. The highest BCUT2D eigenvalue weighted by Gasteiger charge is 2.24. The Morgan fingerprint density at radius 2 is 1.78 bits per heavy atom. The highest BCUT2D eigenvalue weighted by molar-refractivity contribution is 6.10. The molecule has 0 radical (unpaired) electrons. The average molecular weight is 363 g/mol. The Morgan fingerprint density at radius 1 is 1.04 bits per heavy atom. The van der Waals surface area contributed by atoms with Crippen LogP contribution in [0, 0.1) is 26.7 Å². The fourth-order valence-electron chi connectivity index (χ4n) is 4.11. The van der Waals surface area contributed by atoms with Crippen LogP contribution >= 0.6 is 0 Å². The number of pyridine rings is 2. The van der Waals surface area contributed by atoms with Crippen molar-refractivity contribution in [1.29, 1.82) is 0 Å². The number of aromatic nitrogens is 2. The maximum atomic E-state index is 13.6. The maximum absolute atomic E-state index is 13.6. The van der Waals surface area contributed by atoms with Gasteiger partial charge in [-0.15, -0.1) is 0 Å². The average Bonchev–Trinajstić information content (AvgIpc) is 2.95. The summed E-state index contributed by atoms with van der Waals surface area (Å²) in [6.45, 7) is 10.7. The molecule has 3 nitrogen and oxygen atoms in total. The number of hydrogen-bond acceptors (Lipinski definition) is 2. The van der Waals surface area contributed by atoms with Crippen LogP contribution in [0.2, 0.25) is 0 Å². The Hall–Kier alpha value is -2.75. The predicted molar refractivity (Wildman–Crippen MR) is 106 cm³/mol. The molecule has 0 aliphatic heterocycles. The van der Waals surface area contributed by atoms with E-state index in [0.717, 1.165) is 38.7 Å². The first-order valence-corrected chi connectivity index (χ1v) is 9.27. The Balaban J connectivity index is 2.11. The lowest BCUT2D eigenvalue weighted by Crippen LogP contribution is -2.32. The van der Waals surface area contributed by atoms with Gasteiger partial charge in [0.15, 0.2) is 11.8 Å². The van der Waals surface area contributed by atoms with Crippen LogP contribution in [-0.2, 0) is 7.05 Å². The quantitative estimate of drug-likeness (QED) is 0.340. The molecule has 0 saturated heterocycles. The lowest BCUT2D eigenvalue weighted by molar-refractivity contribution is -0.660. The second-order valence-electron chi connectivity index (χ2n) is 7.74. The van der Waals surface area contributed by atoms with Crippen molar-refractivity contribution < 1.29 is 13.4 Å². The van der Waals surface area contributed by atoms with Crippen LogP contribution in [0.15, 0.2) is 34.9 Å². The molecule has 0 unspecified atom stereocenters. The summed E-state index contributed by atoms with van der Waals surface area (Å²) in [7, 11) is 2.06. The number of nitrogens with zero attached hydrogens (tertiary/aromatic N) is 2. The van der Waals surface area contributed by atoms with E-state index < -0.39 is 5.95 Å². The molecule has 0 bridgehead atoms. The highest BCUT2D eigenvalue weighted by atomic mass is 19.1. The van der Waals surface area contributed by atoms with Crippen LogP contribution in [-0.4, -0.2) is 4.98 Å². The minimum absolute atomic E-state index is 0.345. The Morgan fingerprint density at radius 3 is 2.48 bits per heavy atom. The number of fused-ring (bicyclic) bond motifs is 3. The van der Waals surface area contributed by atoms with Gasteiger partial charge in [-0.2, -0.15) is 9.37 Å². The van der Waals surface area contributed by atoms with Gasteiger partial charge in [-0.1, -0.05) is 19.9 Å². The third kappa shape index (κ3) is 2.71. The van der Waals surface area contributed by atoms with E-state index in [1.807, 2.05) is 0 Å². The Labute approximate surface area is 158 Å². The SMILES string of the molecule is Cc1cc(-c2c(C)cc(C)c3c2oc2nc(F)ccc23)[n+](C)cc1C(C)C. The first-order chi connectivity index (χ1) is 12.8. The van der Waals surface area contributed by atoms with Crippen molar-refractivity contribution in [2.24, 2.45) is 7.05 Å². The van der Waals surface area contributed by atoms with E-state index in [-0.39, 0.29) is 0 Å². The monoisotopic (exact) mass is 363 g/mol. The van der Waals surface area contributed by atoms with Crippen LogP contribution in [0.25, 0.3) is 33.3 Å². The number of aryl methyl sites for hydroxylation is 4. The van der Waals surface area contributed by atoms with Crippen LogP contribution in [0.3, 0.4) is 0 Å². The maximum Gasteiger partial charge on any atom is 0.229 e. The number of rotatable bonds is 2. The molecule has 0 fully saturated rings. The van der Waals surface area contributed by atoms with Crippen molar-refractivity contribution in [2.45, 2.75) is 40.5 Å². The smallest absolute Gasteiger partial charge is 0.229 e. The van der Waals surface area contributed by atoms with Crippen LogP contribution in [0.5, 0.6) is 0 Å². The molecular formula is C23H24FN2O+. The summed E-state index contributed by atoms with van der Waals surface area (Å²) in [5, 5.41) is 1.85. The zero-order chi connectivity index (χ0) is 19.5. The number of furan rings is 1. The third-order valence-electron chi connectivity index (χ3n) is 5.37. The van der Waals surface area contributed by atoms with Gasteiger partial charge < -0.3 is 4.42 Å². The van der Waals surface area contributed by atoms with Crippen molar-refractivity contribution >= 4 is 22.1 Å². The van der Waals surface area contributed by atoms with E-state index in [0.29, 0.717) is 11.6 Å². The lowest BCUT2D eigenvalue weighted by atomic mass is 9.94. The first-order valence-electron chi connectivity index (χ1n) is 9.27. The predicted octanol–water partition coefficient (Wildman–Crippen LogP) is 5.66. The third-order valence-corrected chi connectivity index (χ3v) is 5.37. The fraction of sp³-hybridized carbons (Fsp3) is 0.304. The van der Waals surface area contributed by atoms with Crippen molar-refractivity contribution in [3.63, 3.8) is 0 Å². The molecular weight excluding hydrogens is 339 g/mol. The van der Waals surface area contributed by atoms with E-state index in [1.165, 1.54) is 17.2 Å². The molecule has 0 aliphatic carbocycles. The van der Waals surface area contributed by atoms with Crippen molar-refractivity contribution in [3.05, 3.63) is 58.7 Å². The van der Waals surface area contributed by atoms with E-state index >= 15 is 0 Å². The summed E-state index contributed by atoms with van der Waals surface area (Å²) in [5.74, 6) is -0.0667. The summed E-state index contributed by atoms with van der Waals surface area (Å²) in [6.07, 6.45) is 2.20. The molecule has 4 rings (SSSR count). The Kier molecular flexibility index (Phi) is 4.02. The molecule has 0 amide bonds. The van der Waals surface area contributed by atoms with Gasteiger partial charge in [0.25, 0.3) is 0 Å². The second kappa shape index (κ2) is 6.15. The van der Waals surface area contributed by atoms with Gasteiger partial charge in [-0.25, -0.2) is 4.57 Å². The molecule has 0 spiro atoms. The number of halogens is 1. The van der Waals surface area contributed by atoms with E-state index in [9.17, 15) is 4.39 Å². The molecule has 3 aromatic heterocycles. The summed E-state index contributed by atoms with van der Waals surface area (Å²) in [4.78, 5) is 3.96. The zero-order valence-electron chi connectivity index (χ0n) is 16.6. The standard InChI is InChI=1S/C23H24FN2O/c1-12(2)17-11-26(6)18(10-13(17)3)21-15(5)9-14(4)20-16-7-8-19(24)25-23(16)27-22(20)21/h7-12H,1-6H3/q+1. The molecule has 3 heterocycles. The van der Waals surface area contributed by atoms with E-state index in [2.05, 4.69) is 69.5 Å². The minimum atomic E-state index is -0.528. The summed E-state index contributed by atoms with van der Waals surface area (Å²) < 4.78 is 21.9. The molecule has 0 saturated carbocycles. The van der Waals surface area contributed by atoms with E-state index in [4.69, 9.17) is 4.42 Å². The summed E-state index contributed by atoms with van der Waals surface area (Å²) >= 11 is 0. The van der Waals surface area contributed by atoms with Crippen LogP contribution < -0.4 is 4.57 Å². The van der Waals surface area contributed by atoms with Crippen molar-refractivity contribution in [2.75, 3.05) is 0 Å². The molecule has 0 N–H and O–H groups in total. The topological polar surface area (TPSA) is 29.9 Å². The van der Waals surface area contributed by atoms with Gasteiger partial charge in [0.05, 0.1) is 5.56 Å². The Bertz CT molecular complexity index is 1200. The van der Waals surface area contributed by atoms with E-state index in [1.54, 1.807) is 6.07 Å². The molecule has 138 valence electrons. The van der Waals surface area contributed by atoms with Crippen molar-refractivity contribution in [1.82, 2.24) is 4.98 Å². The first kappa shape index (κ1) is 17.7. The van der Waals surface area contributed by atoms with Gasteiger partial charge in [0.1, 0.15) is 7.05 Å². The molecule has 0 aliphatic rings. The van der Waals surface area contributed by atoms with Gasteiger partial charge >= 0.3 is 0 Å². The van der Waals surface area contributed by atoms with Crippen LogP contribution in [0.1, 0.15) is 42.0 Å². The number of benzene rings is 1.